The molecule has 0 aromatic rings. The number of piperazine rings is 1. The quantitative estimate of drug-likeness (QED) is 0.727. The first-order chi connectivity index (χ1) is 8.43. The number of hydrogen-bond acceptors (Lipinski definition) is 2. The van der Waals surface area contributed by atoms with Crippen molar-refractivity contribution in [3.63, 3.8) is 0 Å². The minimum Gasteiger partial charge on any atom is -0.298 e. The van der Waals surface area contributed by atoms with Crippen LogP contribution in [0.25, 0.3) is 0 Å². The molecule has 3 fully saturated rings. The highest BCUT2D eigenvalue weighted by molar-refractivity contribution is 4.85. The molecule has 2 aliphatic carbocycles. The minimum atomic E-state index is 0.939. The lowest BCUT2D eigenvalue weighted by Gasteiger charge is -2.42. The highest BCUT2D eigenvalue weighted by Gasteiger charge is 2.29. The lowest BCUT2D eigenvalue weighted by atomic mass is 9.93. The standard InChI is InChI=1S/C15H28N2/c1-2-6-14(7-3-1)16-10-12-17(13-11-16)15-8-4-5-9-15/h14-15H,1-13H2. The Labute approximate surface area is 106 Å². The molecule has 0 aromatic heterocycles. The van der Waals surface area contributed by atoms with E-state index in [2.05, 4.69) is 9.80 Å². The average Bonchev–Trinajstić information content (AvgIpc) is 2.94. The Morgan fingerprint density at radius 2 is 0.824 bits per heavy atom. The van der Waals surface area contributed by atoms with E-state index >= 15 is 0 Å². The minimum absolute atomic E-state index is 0.939. The van der Waals surface area contributed by atoms with Crippen LogP contribution in [0.2, 0.25) is 0 Å². The molecule has 17 heavy (non-hydrogen) atoms. The summed E-state index contributed by atoms with van der Waals surface area (Å²) in [6.07, 6.45) is 13.3. The Morgan fingerprint density at radius 1 is 0.471 bits per heavy atom. The molecule has 0 bridgehead atoms. The Bertz CT molecular complexity index is 221. The van der Waals surface area contributed by atoms with Gasteiger partial charge in [-0.05, 0) is 25.7 Å². The largest absolute Gasteiger partial charge is 0.298 e. The van der Waals surface area contributed by atoms with Crippen molar-refractivity contribution >= 4 is 0 Å². The second-order valence-electron chi connectivity index (χ2n) is 6.30. The van der Waals surface area contributed by atoms with E-state index in [1.54, 1.807) is 0 Å². The summed E-state index contributed by atoms with van der Waals surface area (Å²) in [5, 5.41) is 0. The van der Waals surface area contributed by atoms with Gasteiger partial charge < -0.3 is 0 Å². The molecule has 2 heteroatoms. The first-order valence-electron chi connectivity index (χ1n) is 7.91. The van der Waals surface area contributed by atoms with Gasteiger partial charge in [-0.2, -0.15) is 0 Å². The Hall–Kier alpha value is -0.0800. The molecule has 0 atom stereocenters. The van der Waals surface area contributed by atoms with Gasteiger partial charge in [0.05, 0.1) is 0 Å². The van der Waals surface area contributed by atoms with Crippen LogP contribution in [0.1, 0.15) is 57.8 Å². The van der Waals surface area contributed by atoms with Crippen molar-refractivity contribution in [2.45, 2.75) is 69.9 Å². The highest BCUT2D eigenvalue weighted by atomic mass is 15.3. The first kappa shape index (κ1) is 12.0. The third-order valence-corrected chi connectivity index (χ3v) is 5.28. The molecule has 98 valence electrons. The molecule has 0 spiro atoms. The van der Waals surface area contributed by atoms with Gasteiger partial charge in [0.2, 0.25) is 0 Å². The molecule has 1 saturated heterocycles. The Balaban J connectivity index is 1.46. The van der Waals surface area contributed by atoms with E-state index in [1.807, 2.05) is 0 Å². The van der Waals surface area contributed by atoms with Crippen LogP contribution in [0.3, 0.4) is 0 Å². The van der Waals surface area contributed by atoms with E-state index in [0.29, 0.717) is 0 Å². The van der Waals surface area contributed by atoms with Crippen LogP contribution in [0.4, 0.5) is 0 Å². The van der Waals surface area contributed by atoms with E-state index in [0.717, 1.165) is 12.1 Å². The molecule has 0 aromatic carbocycles. The molecule has 2 nitrogen and oxygen atoms in total. The molecule has 1 heterocycles. The van der Waals surface area contributed by atoms with Crippen LogP contribution in [0.5, 0.6) is 0 Å². The summed E-state index contributed by atoms with van der Waals surface area (Å²) < 4.78 is 0. The summed E-state index contributed by atoms with van der Waals surface area (Å²) in [6, 6.07) is 1.89. The van der Waals surface area contributed by atoms with Gasteiger partial charge in [-0.15, -0.1) is 0 Å². The summed E-state index contributed by atoms with van der Waals surface area (Å²) >= 11 is 0. The molecule has 0 radical (unpaired) electrons. The lowest BCUT2D eigenvalue weighted by Crippen LogP contribution is -2.53. The van der Waals surface area contributed by atoms with Crippen LogP contribution in [-0.4, -0.2) is 48.1 Å². The number of nitrogens with zero attached hydrogens (tertiary/aromatic N) is 2. The Morgan fingerprint density at radius 3 is 1.24 bits per heavy atom. The van der Waals surface area contributed by atoms with Gasteiger partial charge in [-0.1, -0.05) is 32.1 Å². The van der Waals surface area contributed by atoms with E-state index < -0.39 is 0 Å². The fourth-order valence-corrected chi connectivity index (χ4v) is 4.18. The van der Waals surface area contributed by atoms with Crippen molar-refractivity contribution in [3.8, 4) is 0 Å². The maximum absolute atomic E-state index is 2.80. The molecule has 3 rings (SSSR count). The van der Waals surface area contributed by atoms with Gasteiger partial charge in [0.25, 0.3) is 0 Å². The van der Waals surface area contributed by atoms with Crippen LogP contribution in [0, 0.1) is 0 Å². The monoisotopic (exact) mass is 236 g/mol. The zero-order valence-corrected chi connectivity index (χ0v) is 11.2. The van der Waals surface area contributed by atoms with Gasteiger partial charge in [-0.25, -0.2) is 0 Å². The van der Waals surface area contributed by atoms with Crippen molar-refractivity contribution in [1.82, 2.24) is 9.80 Å². The van der Waals surface area contributed by atoms with Crippen molar-refractivity contribution < 1.29 is 0 Å². The fraction of sp³-hybridized carbons (Fsp3) is 1.00. The molecular formula is C15H28N2. The average molecular weight is 236 g/mol. The van der Waals surface area contributed by atoms with Gasteiger partial charge in [-0.3, -0.25) is 9.80 Å². The Kier molecular flexibility index (Phi) is 4.02. The zero-order chi connectivity index (χ0) is 11.5. The number of rotatable bonds is 2. The van der Waals surface area contributed by atoms with Crippen molar-refractivity contribution in [2.75, 3.05) is 26.2 Å². The van der Waals surface area contributed by atoms with E-state index in [-0.39, 0.29) is 0 Å². The maximum atomic E-state index is 2.80. The molecule has 2 saturated carbocycles. The summed E-state index contributed by atoms with van der Waals surface area (Å²) in [4.78, 5) is 5.58. The second kappa shape index (κ2) is 5.71. The normalized spacial score (nSPS) is 31.1. The predicted octanol–water partition coefficient (Wildman–Crippen LogP) is 2.88. The van der Waals surface area contributed by atoms with Gasteiger partial charge in [0.15, 0.2) is 0 Å². The van der Waals surface area contributed by atoms with Crippen LogP contribution in [0.15, 0.2) is 0 Å². The van der Waals surface area contributed by atoms with Gasteiger partial charge in [0.1, 0.15) is 0 Å². The molecular weight excluding hydrogens is 208 g/mol. The maximum Gasteiger partial charge on any atom is 0.0113 e. The number of hydrogen-bond donors (Lipinski definition) is 0. The van der Waals surface area contributed by atoms with Crippen LogP contribution in [-0.2, 0) is 0 Å². The lowest BCUT2D eigenvalue weighted by molar-refractivity contribution is 0.0579. The third-order valence-electron chi connectivity index (χ3n) is 5.28. The molecule has 0 unspecified atom stereocenters. The van der Waals surface area contributed by atoms with Gasteiger partial charge in [0, 0.05) is 38.3 Å². The SMILES string of the molecule is C1CCC(N2CCN(C3CCCC3)CC2)CC1. The van der Waals surface area contributed by atoms with E-state index in [1.165, 1.54) is 84.0 Å². The molecule has 0 N–H and O–H groups in total. The molecule has 0 amide bonds. The van der Waals surface area contributed by atoms with Crippen LogP contribution >= 0.6 is 0 Å². The first-order valence-corrected chi connectivity index (χ1v) is 7.91. The van der Waals surface area contributed by atoms with E-state index in [9.17, 15) is 0 Å². The second-order valence-corrected chi connectivity index (χ2v) is 6.30. The summed E-state index contributed by atoms with van der Waals surface area (Å²) in [7, 11) is 0. The summed E-state index contributed by atoms with van der Waals surface area (Å²) in [6.45, 7) is 5.39. The molecule has 3 aliphatic rings. The predicted molar refractivity (Wildman–Crippen MR) is 72.3 cm³/mol. The van der Waals surface area contributed by atoms with Crippen LogP contribution < -0.4 is 0 Å². The van der Waals surface area contributed by atoms with Crippen molar-refractivity contribution in [3.05, 3.63) is 0 Å². The van der Waals surface area contributed by atoms with Gasteiger partial charge >= 0.3 is 0 Å². The topological polar surface area (TPSA) is 6.48 Å². The highest BCUT2D eigenvalue weighted by Crippen LogP contribution is 2.27. The smallest absolute Gasteiger partial charge is 0.0113 e. The fourth-order valence-electron chi connectivity index (χ4n) is 4.18. The summed E-state index contributed by atoms with van der Waals surface area (Å²) in [5.74, 6) is 0. The van der Waals surface area contributed by atoms with Crippen molar-refractivity contribution in [1.29, 1.82) is 0 Å². The van der Waals surface area contributed by atoms with Crippen molar-refractivity contribution in [2.24, 2.45) is 0 Å². The molecule has 1 aliphatic heterocycles. The third kappa shape index (κ3) is 2.85. The summed E-state index contributed by atoms with van der Waals surface area (Å²) in [5.41, 5.74) is 0. The van der Waals surface area contributed by atoms with E-state index in [4.69, 9.17) is 0 Å². The zero-order valence-electron chi connectivity index (χ0n) is 11.2.